The van der Waals surface area contributed by atoms with Crippen LogP contribution in [0.5, 0.6) is 0 Å². The minimum Gasteiger partial charge on any atom is -0.354 e. The molecule has 0 bridgehead atoms. The van der Waals surface area contributed by atoms with Gasteiger partial charge in [0.1, 0.15) is 5.82 Å². The van der Waals surface area contributed by atoms with Gasteiger partial charge in [-0.05, 0) is 86.9 Å². The first-order valence-electron chi connectivity index (χ1n) is 16.1. The number of nitrogens with one attached hydrogen (secondary N) is 4. The molecular formula is C35H42F3N5O5S. The summed E-state index contributed by atoms with van der Waals surface area (Å²) in [5, 5.41) is 11.6. The first kappa shape index (κ1) is 37.4. The Morgan fingerprint density at radius 3 is 2.08 bits per heavy atom. The molecule has 10 nitrogen and oxygen atoms in total. The van der Waals surface area contributed by atoms with Crippen molar-refractivity contribution in [1.29, 1.82) is 0 Å². The average Bonchev–Trinajstić information content (AvgIpc) is 3.89. The lowest BCUT2D eigenvalue weighted by atomic mass is 10.0. The van der Waals surface area contributed by atoms with Crippen LogP contribution in [-0.4, -0.2) is 64.1 Å². The van der Waals surface area contributed by atoms with Crippen molar-refractivity contribution >= 4 is 33.4 Å². The number of carbonyl (C=O) groups excluding carboxylic acids is 3. The Bertz CT molecular complexity index is 1710. The standard InChI is InChI=1S/C35H42F3N5O5S/c1-22(26-12-14-29(36)15-13-26)41-33(45)27-17-28(19-31(18-27)43(35(37)38)49(3,47)48)34(46)42-30(16-11-24-7-5-4-6-8-24)21-39-23(2)32(44)40-20-25-9-10-25/h4-8,12-15,17-19,22-23,25,30,35,39H,9-11,16,20-21H2,1-3H3,(H,40,44)(H,41,45)(H,42,46)/t22-,23+,30+/m1/s1. The van der Waals surface area contributed by atoms with Crippen LogP contribution in [-0.2, 0) is 21.2 Å². The average molecular weight is 702 g/mol. The number of nitrogens with zero attached hydrogens (tertiary/aromatic N) is 1. The largest absolute Gasteiger partial charge is 0.354 e. The monoisotopic (exact) mass is 701 g/mol. The third kappa shape index (κ3) is 11.3. The molecule has 49 heavy (non-hydrogen) atoms. The van der Waals surface area contributed by atoms with E-state index >= 15 is 0 Å². The Morgan fingerprint density at radius 2 is 1.51 bits per heavy atom. The van der Waals surface area contributed by atoms with Gasteiger partial charge in [-0.15, -0.1) is 0 Å². The molecule has 14 heteroatoms. The number of rotatable bonds is 17. The minimum absolute atomic E-state index is 0.166. The topological polar surface area (TPSA) is 137 Å². The van der Waals surface area contributed by atoms with Gasteiger partial charge in [-0.3, -0.25) is 14.4 Å². The summed E-state index contributed by atoms with van der Waals surface area (Å²) in [4.78, 5) is 39.7. The van der Waals surface area contributed by atoms with Crippen LogP contribution in [0.25, 0.3) is 0 Å². The second-order valence-corrected chi connectivity index (χ2v) is 14.2. The van der Waals surface area contributed by atoms with Gasteiger partial charge in [-0.25, -0.2) is 17.1 Å². The first-order chi connectivity index (χ1) is 23.2. The third-order valence-corrected chi connectivity index (χ3v) is 9.32. The molecule has 264 valence electrons. The Hall–Kier alpha value is -4.43. The molecule has 4 rings (SSSR count). The molecule has 0 saturated heterocycles. The van der Waals surface area contributed by atoms with Gasteiger partial charge >= 0.3 is 6.55 Å². The Labute approximate surface area is 284 Å². The lowest BCUT2D eigenvalue weighted by molar-refractivity contribution is -0.122. The molecule has 0 unspecified atom stereocenters. The van der Waals surface area contributed by atoms with Crippen LogP contribution < -0.4 is 25.6 Å². The van der Waals surface area contributed by atoms with Crippen molar-refractivity contribution < 1.29 is 36.0 Å². The van der Waals surface area contributed by atoms with E-state index in [1.54, 1.807) is 13.8 Å². The molecule has 1 aliphatic rings. The summed E-state index contributed by atoms with van der Waals surface area (Å²) in [6, 6.07) is 16.3. The van der Waals surface area contributed by atoms with E-state index in [4.69, 9.17) is 0 Å². The molecular weight excluding hydrogens is 659 g/mol. The van der Waals surface area contributed by atoms with E-state index in [0.29, 0.717) is 37.1 Å². The normalized spacial score (nSPS) is 14.8. The van der Waals surface area contributed by atoms with Crippen molar-refractivity contribution in [3.8, 4) is 0 Å². The number of sulfonamides is 1. The van der Waals surface area contributed by atoms with Crippen LogP contribution in [0.1, 0.15) is 71.0 Å². The summed E-state index contributed by atoms with van der Waals surface area (Å²) in [5.41, 5.74) is 0.508. The molecule has 3 amide bonds. The molecule has 3 atom stereocenters. The number of carbonyl (C=O) groups is 3. The van der Waals surface area contributed by atoms with Crippen LogP contribution in [0.3, 0.4) is 0 Å². The Morgan fingerprint density at radius 1 is 0.898 bits per heavy atom. The van der Waals surface area contributed by atoms with E-state index in [9.17, 15) is 36.0 Å². The minimum atomic E-state index is -4.53. The summed E-state index contributed by atoms with van der Waals surface area (Å²) < 4.78 is 66.2. The molecule has 4 N–H and O–H groups in total. The molecule has 3 aromatic rings. The molecule has 0 aromatic heterocycles. The molecule has 1 saturated carbocycles. The summed E-state index contributed by atoms with van der Waals surface area (Å²) >= 11 is 0. The SMILES string of the molecule is C[C@H](NC[C@H](CCc1ccccc1)NC(=O)c1cc(C(=O)N[C@H](C)c2ccc(F)cc2)cc(N(C(F)F)S(C)(=O)=O)c1)C(=O)NCC1CC1. The highest BCUT2D eigenvalue weighted by Crippen LogP contribution is 2.28. The number of amides is 3. The zero-order valence-electron chi connectivity index (χ0n) is 27.6. The number of aryl methyl sites for hydroxylation is 1. The van der Waals surface area contributed by atoms with Crippen molar-refractivity contribution in [1.82, 2.24) is 21.3 Å². The smallest absolute Gasteiger partial charge is 0.327 e. The summed E-state index contributed by atoms with van der Waals surface area (Å²) in [6.07, 6.45) is 3.78. The number of anilines is 1. The highest BCUT2D eigenvalue weighted by molar-refractivity contribution is 7.92. The van der Waals surface area contributed by atoms with Gasteiger partial charge in [0.15, 0.2) is 0 Å². The molecule has 0 heterocycles. The first-order valence-corrected chi connectivity index (χ1v) is 17.9. The number of alkyl halides is 2. The van der Waals surface area contributed by atoms with Gasteiger partial charge in [0.05, 0.1) is 24.0 Å². The second-order valence-electron chi connectivity index (χ2n) is 12.4. The fourth-order valence-corrected chi connectivity index (χ4v) is 5.95. The highest BCUT2D eigenvalue weighted by atomic mass is 32.2. The summed E-state index contributed by atoms with van der Waals surface area (Å²) in [6.45, 7) is 0.631. The molecule has 3 aromatic carbocycles. The number of hydrogen-bond acceptors (Lipinski definition) is 6. The van der Waals surface area contributed by atoms with E-state index in [0.717, 1.165) is 30.5 Å². The van der Waals surface area contributed by atoms with Gasteiger partial charge in [-0.1, -0.05) is 42.5 Å². The van der Waals surface area contributed by atoms with Crippen molar-refractivity contribution in [3.63, 3.8) is 0 Å². The lowest BCUT2D eigenvalue weighted by Crippen LogP contribution is -2.49. The Kier molecular flexibility index (Phi) is 12.8. The number of halogens is 3. The maximum absolute atomic E-state index is 14.1. The predicted molar refractivity (Wildman–Crippen MR) is 181 cm³/mol. The lowest BCUT2D eigenvalue weighted by Gasteiger charge is -2.24. The molecule has 0 spiro atoms. The number of benzene rings is 3. The van der Waals surface area contributed by atoms with Crippen LogP contribution in [0.4, 0.5) is 18.9 Å². The Balaban J connectivity index is 1.59. The van der Waals surface area contributed by atoms with Crippen LogP contribution in [0, 0.1) is 11.7 Å². The number of hydrogen-bond donors (Lipinski definition) is 4. The maximum atomic E-state index is 14.1. The van der Waals surface area contributed by atoms with Crippen molar-refractivity contribution in [2.45, 2.75) is 64.2 Å². The molecule has 0 aliphatic heterocycles. The van der Waals surface area contributed by atoms with Crippen molar-refractivity contribution in [2.24, 2.45) is 5.92 Å². The predicted octanol–water partition coefficient (Wildman–Crippen LogP) is 4.54. The van der Waals surface area contributed by atoms with E-state index < -0.39 is 58.0 Å². The third-order valence-electron chi connectivity index (χ3n) is 8.23. The van der Waals surface area contributed by atoms with E-state index in [2.05, 4.69) is 21.3 Å². The summed E-state index contributed by atoms with van der Waals surface area (Å²) in [5.74, 6) is -1.65. The van der Waals surface area contributed by atoms with Crippen LogP contribution in [0.2, 0.25) is 0 Å². The fraction of sp³-hybridized carbons (Fsp3) is 0.400. The van der Waals surface area contributed by atoms with Gasteiger partial charge in [0.2, 0.25) is 15.9 Å². The zero-order valence-corrected chi connectivity index (χ0v) is 28.4. The van der Waals surface area contributed by atoms with Crippen LogP contribution >= 0.6 is 0 Å². The van der Waals surface area contributed by atoms with E-state index in [1.807, 2.05) is 30.3 Å². The van der Waals surface area contributed by atoms with Gasteiger partial charge in [0.25, 0.3) is 11.8 Å². The van der Waals surface area contributed by atoms with Gasteiger partial charge in [-0.2, -0.15) is 8.78 Å². The van der Waals surface area contributed by atoms with Gasteiger partial charge in [0, 0.05) is 30.3 Å². The second kappa shape index (κ2) is 16.8. The van der Waals surface area contributed by atoms with E-state index in [-0.39, 0.29) is 27.9 Å². The van der Waals surface area contributed by atoms with Gasteiger partial charge < -0.3 is 21.3 Å². The summed E-state index contributed by atoms with van der Waals surface area (Å²) in [7, 11) is -4.53. The zero-order chi connectivity index (χ0) is 35.7. The highest BCUT2D eigenvalue weighted by Gasteiger charge is 2.29. The van der Waals surface area contributed by atoms with Crippen molar-refractivity contribution in [2.75, 3.05) is 23.7 Å². The molecule has 1 fully saturated rings. The quantitative estimate of drug-likeness (QED) is 0.153. The fourth-order valence-electron chi connectivity index (χ4n) is 5.18. The molecule has 1 aliphatic carbocycles. The van der Waals surface area contributed by atoms with Crippen molar-refractivity contribution in [3.05, 3.63) is 101 Å². The molecule has 0 radical (unpaired) electrons. The van der Waals surface area contributed by atoms with E-state index in [1.165, 1.54) is 30.3 Å². The van der Waals surface area contributed by atoms with Crippen LogP contribution in [0.15, 0.2) is 72.8 Å². The maximum Gasteiger partial charge on any atom is 0.327 e.